The lowest BCUT2D eigenvalue weighted by atomic mass is 10.1. The molecule has 0 unspecified atom stereocenters. The van der Waals surface area contributed by atoms with E-state index in [0.717, 1.165) is 24.2 Å². The molecule has 0 heterocycles. The second-order valence-electron chi connectivity index (χ2n) is 6.57. The number of halogens is 1. The van der Waals surface area contributed by atoms with E-state index in [9.17, 15) is 0 Å². The Morgan fingerprint density at radius 3 is 2.50 bits per heavy atom. The van der Waals surface area contributed by atoms with Crippen molar-refractivity contribution in [1.29, 1.82) is 0 Å². The molecule has 0 aliphatic heterocycles. The molecule has 0 saturated heterocycles. The van der Waals surface area contributed by atoms with Crippen LogP contribution in [-0.2, 0) is 6.54 Å². The van der Waals surface area contributed by atoms with E-state index >= 15 is 0 Å². The summed E-state index contributed by atoms with van der Waals surface area (Å²) in [5.74, 6) is 0.650. The van der Waals surface area contributed by atoms with Crippen molar-refractivity contribution in [2.45, 2.75) is 59.2 Å². The molecule has 1 aliphatic rings. The first-order valence-corrected chi connectivity index (χ1v) is 8.13. The zero-order valence-electron chi connectivity index (χ0n) is 13.1. The second kappa shape index (κ2) is 6.82. The van der Waals surface area contributed by atoms with Crippen LogP contribution < -0.4 is 10.2 Å². The van der Waals surface area contributed by atoms with Crippen LogP contribution in [0.1, 0.15) is 46.1 Å². The molecule has 0 spiro atoms. The van der Waals surface area contributed by atoms with Gasteiger partial charge in [-0.15, -0.1) is 0 Å². The van der Waals surface area contributed by atoms with Crippen LogP contribution in [0, 0.1) is 5.92 Å². The summed E-state index contributed by atoms with van der Waals surface area (Å²) in [5, 5.41) is 4.43. The van der Waals surface area contributed by atoms with Crippen molar-refractivity contribution in [1.82, 2.24) is 5.32 Å². The van der Waals surface area contributed by atoms with Crippen LogP contribution in [-0.4, -0.2) is 18.6 Å². The van der Waals surface area contributed by atoms with Crippen LogP contribution >= 0.6 is 11.6 Å². The number of hydrogen-bond acceptors (Lipinski definition) is 2. The van der Waals surface area contributed by atoms with E-state index in [2.05, 4.69) is 50.0 Å². The van der Waals surface area contributed by atoms with Gasteiger partial charge in [0.25, 0.3) is 0 Å². The highest BCUT2D eigenvalue weighted by atomic mass is 35.5. The Balaban J connectivity index is 2.21. The van der Waals surface area contributed by atoms with Crippen molar-refractivity contribution in [3.05, 3.63) is 28.8 Å². The van der Waals surface area contributed by atoms with Gasteiger partial charge in [0.2, 0.25) is 0 Å². The normalized spacial score (nSPS) is 15.2. The molecule has 0 atom stereocenters. The zero-order chi connectivity index (χ0) is 14.7. The summed E-state index contributed by atoms with van der Waals surface area (Å²) in [6.45, 7) is 11.1. The van der Waals surface area contributed by atoms with Gasteiger partial charge in [-0.25, -0.2) is 0 Å². The summed E-state index contributed by atoms with van der Waals surface area (Å²) in [5.41, 5.74) is 2.64. The van der Waals surface area contributed by atoms with Crippen LogP contribution in [0.5, 0.6) is 0 Å². The first kappa shape index (κ1) is 15.7. The minimum Gasteiger partial charge on any atom is -0.369 e. The van der Waals surface area contributed by atoms with Crippen LogP contribution in [0.25, 0.3) is 0 Å². The summed E-state index contributed by atoms with van der Waals surface area (Å²) in [4.78, 5) is 2.49. The van der Waals surface area contributed by atoms with Crippen molar-refractivity contribution < 1.29 is 0 Å². The first-order valence-electron chi connectivity index (χ1n) is 7.75. The van der Waals surface area contributed by atoms with Gasteiger partial charge in [0.15, 0.2) is 0 Å². The lowest BCUT2D eigenvalue weighted by Gasteiger charge is -2.32. The van der Waals surface area contributed by atoms with Gasteiger partial charge in [-0.05, 0) is 56.4 Å². The third kappa shape index (κ3) is 4.39. The fraction of sp³-hybridized carbons (Fsp3) is 0.647. The molecular weight excluding hydrogens is 268 g/mol. The van der Waals surface area contributed by atoms with Gasteiger partial charge < -0.3 is 10.2 Å². The highest BCUT2D eigenvalue weighted by Gasteiger charge is 2.22. The fourth-order valence-corrected chi connectivity index (χ4v) is 2.69. The summed E-state index contributed by atoms with van der Waals surface area (Å²) in [7, 11) is 0. The molecule has 0 amide bonds. The molecule has 3 heteroatoms. The number of anilines is 1. The fourth-order valence-electron chi connectivity index (χ4n) is 2.50. The molecular formula is C17H27ClN2. The van der Waals surface area contributed by atoms with E-state index in [4.69, 9.17) is 11.6 Å². The van der Waals surface area contributed by atoms with Gasteiger partial charge in [-0.3, -0.25) is 0 Å². The summed E-state index contributed by atoms with van der Waals surface area (Å²) >= 11 is 6.19. The maximum absolute atomic E-state index is 6.19. The third-order valence-corrected chi connectivity index (χ3v) is 3.93. The molecule has 2 rings (SSSR count). The van der Waals surface area contributed by atoms with Crippen molar-refractivity contribution >= 4 is 17.3 Å². The van der Waals surface area contributed by atoms with E-state index in [1.54, 1.807) is 0 Å². The highest BCUT2D eigenvalue weighted by Crippen LogP contribution is 2.28. The predicted molar refractivity (Wildman–Crippen MR) is 88.6 cm³/mol. The zero-order valence-corrected chi connectivity index (χ0v) is 13.9. The monoisotopic (exact) mass is 294 g/mol. The summed E-state index contributed by atoms with van der Waals surface area (Å²) < 4.78 is 0. The van der Waals surface area contributed by atoms with Gasteiger partial charge in [0, 0.05) is 35.9 Å². The van der Waals surface area contributed by atoms with Crippen molar-refractivity contribution in [3.8, 4) is 0 Å². The SMILES string of the molecule is CC(C)CN(c1ccc(Cl)cc1CNC1CC1)C(C)C. The second-order valence-corrected chi connectivity index (χ2v) is 7.00. The average molecular weight is 295 g/mol. The molecule has 112 valence electrons. The molecule has 1 N–H and O–H groups in total. The number of nitrogens with zero attached hydrogens (tertiary/aromatic N) is 1. The molecule has 0 radical (unpaired) electrons. The van der Waals surface area contributed by atoms with Crippen LogP contribution in [0.15, 0.2) is 18.2 Å². The largest absolute Gasteiger partial charge is 0.369 e. The van der Waals surface area contributed by atoms with Crippen LogP contribution in [0.3, 0.4) is 0 Å². The molecule has 1 aromatic rings. The van der Waals surface area contributed by atoms with E-state index in [-0.39, 0.29) is 0 Å². The minimum atomic E-state index is 0.498. The van der Waals surface area contributed by atoms with E-state index in [1.807, 2.05) is 6.07 Å². The lowest BCUT2D eigenvalue weighted by molar-refractivity contribution is 0.567. The molecule has 1 saturated carbocycles. The van der Waals surface area contributed by atoms with Gasteiger partial charge in [-0.2, -0.15) is 0 Å². The van der Waals surface area contributed by atoms with Gasteiger partial charge >= 0.3 is 0 Å². The van der Waals surface area contributed by atoms with E-state index < -0.39 is 0 Å². The molecule has 2 nitrogen and oxygen atoms in total. The Hall–Kier alpha value is -0.730. The van der Waals surface area contributed by atoms with Crippen LogP contribution in [0.4, 0.5) is 5.69 Å². The molecule has 1 aliphatic carbocycles. The molecule has 20 heavy (non-hydrogen) atoms. The predicted octanol–water partition coefficient (Wildman–Crippen LogP) is 4.46. The summed E-state index contributed by atoms with van der Waals surface area (Å²) in [6, 6.07) is 7.52. The lowest BCUT2D eigenvalue weighted by Crippen LogP contribution is -2.35. The molecule has 0 bridgehead atoms. The maximum atomic E-state index is 6.19. The van der Waals surface area contributed by atoms with Crippen molar-refractivity contribution in [3.63, 3.8) is 0 Å². The Labute approximate surface area is 128 Å². The first-order chi connectivity index (χ1) is 9.47. The topological polar surface area (TPSA) is 15.3 Å². The van der Waals surface area contributed by atoms with E-state index in [1.165, 1.54) is 24.1 Å². The highest BCUT2D eigenvalue weighted by molar-refractivity contribution is 6.30. The quantitative estimate of drug-likeness (QED) is 0.798. The molecule has 1 fully saturated rings. The van der Waals surface area contributed by atoms with Gasteiger partial charge in [-0.1, -0.05) is 25.4 Å². The Kier molecular flexibility index (Phi) is 5.34. The van der Waals surface area contributed by atoms with Crippen molar-refractivity contribution in [2.24, 2.45) is 5.92 Å². The molecule has 0 aromatic heterocycles. The van der Waals surface area contributed by atoms with E-state index in [0.29, 0.717) is 12.0 Å². The third-order valence-electron chi connectivity index (χ3n) is 3.69. The number of rotatable bonds is 7. The number of benzene rings is 1. The van der Waals surface area contributed by atoms with Gasteiger partial charge in [0.1, 0.15) is 0 Å². The maximum Gasteiger partial charge on any atom is 0.0415 e. The minimum absolute atomic E-state index is 0.498. The van der Waals surface area contributed by atoms with Gasteiger partial charge in [0.05, 0.1) is 0 Å². The standard InChI is InChI=1S/C17H27ClN2/c1-12(2)11-20(13(3)4)17-8-5-15(18)9-14(17)10-19-16-6-7-16/h5,8-9,12-13,16,19H,6-7,10-11H2,1-4H3. The summed E-state index contributed by atoms with van der Waals surface area (Å²) in [6.07, 6.45) is 2.63. The Bertz CT molecular complexity index is 439. The Morgan fingerprint density at radius 2 is 1.95 bits per heavy atom. The van der Waals surface area contributed by atoms with Crippen LogP contribution in [0.2, 0.25) is 5.02 Å². The van der Waals surface area contributed by atoms with Crippen molar-refractivity contribution in [2.75, 3.05) is 11.4 Å². The molecule has 1 aromatic carbocycles. The number of hydrogen-bond donors (Lipinski definition) is 1. The average Bonchev–Trinajstić information content (AvgIpc) is 3.17. The Morgan fingerprint density at radius 1 is 1.25 bits per heavy atom. The smallest absolute Gasteiger partial charge is 0.0415 e. The number of nitrogens with one attached hydrogen (secondary N) is 1.